The van der Waals surface area contributed by atoms with Crippen molar-refractivity contribution in [2.75, 3.05) is 7.05 Å². The van der Waals surface area contributed by atoms with E-state index in [-0.39, 0.29) is 28.1 Å². The van der Waals surface area contributed by atoms with Crippen LogP contribution in [0.4, 0.5) is 30.7 Å². The van der Waals surface area contributed by atoms with Crippen molar-refractivity contribution in [3.63, 3.8) is 0 Å². The number of nitrogens with zero attached hydrogens (tertiary/aromatic N) is 5. The van der Waals surface area contributed by atoms with Crippen LogP contribution in [0.2, 0.25) is 5.02 Å². The molecule has 7 nitrogen and oxygen atoms in total. The average Bonchev–Trinajstić information content (AvgIpc) is 3.44. The van der Waals surface area contributed by atoms with Crippen molar-refractivity contribution in [2.45, 2.75) is 37.6 Å². The fraction of sp³-hybridized carbons (Fsp3) is 0.381. The largest absolute Gasteiger partial charge is 0.459 e. The molecular formula is C21H17ClF7N5O2. The molecule has 1 amide bonds. The molecule has 15 heteroatoms. The van der Waals surface area contributed by atoms with Gasteiger partial charge >= 0.3 is 18.7 Å². The highest BCUT2D eigenvalue weighted by atomic mass is 35.5. The van der Waals surface area contributed by atoms with E-state index < -0.39 is 36.0 Å². The van der Waals surface area contributed by atoms with E-state index in [1.807, 2.05) is 0 Å². The molecule has 2 aromatic heterocycles. The Kier molecular flexibility index (Phi) is 6.43. The first kappa shape index (κ1) is 25.8. The molecule has 4 rings (SSSR count). The van der Waals surface area contributed by atoms with E-state index in [0.717, 1.165) is 24.6 Å². The van der Waals surface area contributed by atoms with Crippen molar-refractivity contribution < 1.29 is 40.3 Å². The van der Waals surface area contributed by atoms with Gasteiger partial charge in [-0.2, -0.15) is 40.9 Å². The Morgan fingerprint density at radius 2 is 1.86 bits per heavy atom. The summed E-state index contributed by atoms with van der Waals surface area (Å²) in [5, 5.41) is 7.19. The molecule has 1 aliphatic rings. The summed E-state index contributed by atoms with van der Waals surface area (Å²) in [6, 6.07) is 4.57. The third-order valence-corrected chi connectivity index (χ3v) is 5.91. The Labute approximate surface area is 204 Å². The monoisotopic (exact) mass is 539 g/mol. The van der Waals surface area contributed by atoms with Crippen molar-refractivity contribution in [1.82, 2.24) is 24.5 Å². The minimum atomic E-state index is -6.12. The number of aromatic nitrogens is 4. The number of hydrogen-bond acceptors (Lipinski definition) is 4. The molecular weight excluding hydrogens is 523 g/mol. The predicted molar refractivity (Wildman–Crippen MR) is 112 cm³/mol. The van der Waals surface area contributed by atoms with Crippen LogP contribution in [0.25, 0.3) is 16.9 Å². The number of ether oxygens (including phenoxy) is 1. The first-order chi connectivity index (χ1) is 16.7. The predicted octanol–water partition coefficient (Wildman–Crippen LogP) is 5.42. The lowest BCUT2D eigenvalue weighted by molar-refractivity contribution is -0.291. The van der Waals surface area contributed by atoms with Crippen molar-refractivity contribution in [1.29, 1.82) is 0 Å². The van der Waals surface area contributed by atoms with Crippen molar-refractivity contribution in [3.05, 3.63) is 46.9 Å². The summed E-state index contributed by atoms with van der Waals surface area (Å²) < 4.78 is 98.2. The first-order valence-corrected chi connectivity index (χ1v) is 10.7. The van der Waals surface area contributed by atoms with Crippen LogP contribution in [0.5, 0.6) is 5.75 Å². The van der Waals surface area contributed by atoms with E-state index in [0.29, 0.717) is 10.2 Å². The van der Waals surface area contributed by atoms with E-state index in [1.54, 1.807) is 11.9 Å². The Hall–Kier alpha value is -3.29. The summed E-state index contributed by atoms with van der Waals surface area (Å²) in [6.07, 6.45) is -2.01. The van der Waals surface area contributed by atoms with Gasteiger partial charge < -0.3 is 9.64 Å². The minimum absolute atomic E-state index is 0.113. The lowest BCUT2D eigenvalue weighted by Gasteiger charge is -2.18. The van der Waals surface area contributed by atoms with Gasteiger partial charge in [0.1, 0.15) is 0 Å². The van der Waals surface area contributed by atoms with Crippen LogP contribution in [0.3, 0.4) is 0 Å². The number of aryl methyl sites for hydroxylation is 1. The standard InChI is InChI=1S/C21H17ClF7N5O2/c1-32(12-4-5-12)18(35)13-7-10(3-6-14(13)22)11-8-30-34(9-11)17-15(36-19(23)24)16(31-33(17)2)20(25,26)21(27,28)29/h3,6-9,12,19H,4-5H2,1-2H3. The summed E-state index contributed by atoms with van der Waals surface area (Å²) >= 11 is 6.19. The third kappa shape index (κ3) is 4.61. The summed E-state index contributed by atoms with van der Waals surface area (Å²) in [7, 11) is 2.61. The van der Waals surface area contributed by atoms with Gasteiger partial charge in [-0.05, 0) is 30.5 Å². The molecule has 0 aliphatic heterocycles. The topological polar surface area (TPSA) is 65.2 Å². The van der Waals surface area contributed by atoms with Gasteiger partial charge in [0, 0.05) is 31.9 Å². The molecule has 1 fully saturated rings. The van der Waals surface area contributed by atoms with E-state index in [2.05, 4.69) is 14.9 Å². The fourth-order valence-electron chi connectivity index (χ4n) is 3.56. The van der Waals surface area contributed by atoms with Crippen molar-refractivity contribution in [2.24, 2.45) is 7.05 Å². The lowest BCUT2D eigenvalue weighted by Crippen LogP contribution is -2.34. The first-order valence-electron chi connectivity index (χ1n) is 10.3. The van der Waals surface area contributed by atoms with Crippen LogP contribution in [-0.2, 0) is 13.0 Å². The van der Waals surface area contributed by atoms with E-state index in [9.17, 15) is 35.5 Å². The minimum Gasteiger partial charge on any atom is -0.428 e. The van der Waals surface area contributed by atoms with Crippen LogP contribution in [0.1, 0.15) is 28.9 Å². The highest BCUT2D eigenvalue weighted by Gasteiger charge is 2.62. The van der Waals surface area contributed by atoms with Gasteiger partial charge in [0.15, 0.2) is 17.3 Å². The molecule has 0 N–H and O–H groups in total. The van der Waals surface area contributed by atoms with Crippen molar-refractivity contribution in [3.8, 4) is 22.7 Å². The number of benzene rings is 1. The normalized spacial score (nSPS) is 14.4. The van der Waals surface area contributed by atoms with Gasteiger partial charge in [-0.25, -0.2) is 9.36 Å². The summed E-state index contributed by atoms with van der Waals surface area (Å²) in [6.45, 7) is -3.72. The van der Waals surface area contributed by atoms with Crippen LogP contribution in [-0.4, -0.2) is 56.2 Å². The van der Waals surface area contributed by atoms with Gasteiger partial charge in [0.2, 0.25) is 0 Å². The lowest BCUT2D eigenvalue weighted by atomic mass is 10.1. The third-order valence-electron chi connectivity index (χ3n) is 5.58. The maximum atomic E-state index is 14.0. The van der Waals surface area contributed by atoms with E-state index in [4.69, 9.17) is 11.6 Å². The van der Waals surface area contributed by atoms with Gasteiger partial charge in [0.05, 0.1) is 16.8 Å². The molecule has 0 bridgehead atoms. The maximum Gasteiger partial charge on any atom is 0.459 e. The maximum absolute atomic E-state index is 14.0. The number of carbonyl (C=O) groups excluding carboxylic acids is 1. The molecule has 1 aliphatic carbocycles. The summed E-state index contributed by atoms with van der Waals surface area (Å²) in [5.74, 6) is -8.08. The number of amides is 1. The van der Waals surface area contributed by atoms with Gasteiger partial charge in [-0.3, -0.25) is 4.79 Å². The van der Waals surface area contributed by atoms with Gasteiger partial charge in [0.25, 0.3) is 5.91 Å². The molecule has 1 aromatic carbocycles. The SMILES string of the molecule is CN(C(=O)c1cc(-c2cnn(-c3c(OC(F)F)c(C(F)(F)C(F)(F)F)nn3C)c2)ccc1Cl)C1CC1. The van der Waals surface area contributed by atoms with Gasteiger partial charge in [-0.1, -0.05) is 17.7 Å². The molecule has 1 saturated carbocycles. The van der Waals surface area contributed by atoms with E-state index in [1.165, 1.54) is 30.6 Å². The zero-order chi connectivity index (χ0) is 26.6. The van der Waals surface area contributed by atoms with E-state index >= 15 is 0 Å². The Morgan fingerprint density at radius 3 is 2.44 bits per heavy atom. The molecule has 194 valence electrons. The zero-order valence-corrected chi connectivity index (χ0v) is 19.3. The molecule has 0 spiro atoms. The number of carbonyl (C=O) groups is 1. The number of halogens is 8. The number of hydrogen-bond donors (Lipinski definition) is 0. The number of rotatable bonds is 7. The Morgan fingerprint density at radius 1 is 1.19 bits per heavy atom. The highest BCUT2D eigenvalue weighted by Crippen LogP contribution is 2.48. The second-order valence-corrected chi connectivity index (χ2v) is 8.50. The second kappa shape index (κ2) is 8.98. The molecule has 36 heavy (non-hydrogen) atoms. The average molecular weight is 540 g/mol. The van der Waals surface area contributed by atoms with Crippen LogP contribution < -0.4 is 4.74 Å². The fourth-order valence-corrected chi connectivity index (χ4v) is 3.76. The molecule has 0 unspecified atom stereocenters. The van der Waals surface area contributed by atoms with Gasteiger partial charge in [-0.15, -0.1) is 0 Å². The molecule has 0 atom stereocenters. The molecule has 3 aromatic rings. The smallest absolute Gasteiger partial charge is 0.428 e. The van der Waals surface area contributed by atoms with Crippen LogP contribution >= 0.6 is 11.6 Å². The molecule has 0 saturated heterocycles. The summed E-state index contributed by atoms with van der Waals surface area (Å²) in [5.41, 5.74) is -1.17. The summed E-state index contributed by atoms with van der Waals surface area (Å²) in [4.78, 5) is 14.3. The van der Waals surface area contributed by atoms with Crippen LogP contribution in [0, 0.1) is 0 Å². The second-order valence-electron chi connectivity index (χ2n) is 8.09. The van der Waals surface area contributed by atoms with Crippen molar-refractivity contribution >= 4 is 17.5 Å². The highest BCUT2D eigenvalue weighted by molar-refractivity contribution is 6.34. The van der Waals surface area contributed by atoms with Crippen LogP contribution in [0.15, 0.2) is 30.6 Å². The molecule has 0 radical (unpaired) electrons. The zero-order valence-electron chi connectivity index (χ0n) is 18.5. The Balaban J connectivity index is 1.76. The quantitative estimate of drug-likeness (QED) is 0.376. The number of alkyl halides is 7. The molecule has 2 heterocycles. The Bertz CT molecular complexity index is 1300.